The number of benzene rings is 2. The molecule has 2 amide bonds. The molecule has 0 spiro atoms. The largest absolute Gasteiger partial charge is 0.496 e. The van der Waals surface area contributed by atoms with Crippen LogP contribution in [0.1, 0.15) is 28.4 Å². The van der Waals surface area contributed by atoms with Crippen LogP contribution in [0, 0.1) is 13.8 Å². The minimum Gasteiger partial charge on any atom is -0.496 e. The number of methoxy groups -OCH3 is 1. The van der Waals surface area contributed by atoms with Crippen LogP contribution < -0.4 is 15.0 Å². The zero-order valence-corrected chi connectivity index (χ0v) is 15.1. The van der Waals surface area contributed by atoms with Crippen molar-refractivity contribution in [2.45, 2.75) is 20.8 Å². The maximum Gasteiger partial charge on any atom is 0.255 e. The second-order valence-electron chi connectivity index (χ2n) is 5.92. The lowest BCUT2D eigenvalue weighted by atomic mass is 10.1. The van der Waals surface area contributed by atoms with Crippen molar-refractivity contribution in [2.75, 3.05) is 25.1 Å². The fourth-order valence-electron chi connectivity index (χ4n) is 2.67. The van der Waals surface area contributed by atoms with Crippen LogP contribution in [0.2, 0.25) is 0 Å². The van der Waals surface area contributed by atoms with Crippen LogP contribution in [-0.4, -0.2) is 32.0 Å². The molecule has 5 nitrogen and oxygen atoms in total. The van der Waals surface area contributed by atoms with Gasteiger partial charge in [0.15, 0.2) is 0 Å². The van der Waals surface area contributed by atoms with E-state index in [0.717, 1.165) is 16.8 Å². The normalized spacial score (nSPS) is 10.2. The lowest BCUT2D eigenvalue weighted by Gasteiger charge is -2.24. The summed E-state index contributed by atoms with van der Waals surface area (Å²) >= 11 is 0. The first-order valence-corrected chi connectivity index (χ1v) is 8.20. The van der Waals surface area contributed by atoms with Gasteiger partial charge in [0.2, 0.25) is 5.91 Å². The number of carbonyl (C=O) groups excluding carboxylic acids is 2. The fraction of sp³-hybridized carbons (Fsp3) is 0.300. The van der Waals surface area contributed by atoms with Gasteiger partial charge >= 0.3 is 0 Å². The summed E-state index contributed by atoms with van der Waals surface area (Å²) in [5.41, 5.74) is 3.46. The second-order valence-corrected chi connectivity index (χ2v) is 5.92. The predicted octanol–water partition coefficient (Wildman–Crippen LogP) is 3.09. The molecule has 0 saturated carbocycles. The Morgan fingerprint density at radius 1 is 1.12 bits per heavy atom. The van der Waals surface area contributed by atoms with Gasteiger partial charge in [-0.15, -0.1) is 0 Å². The third-order valence-corrected chi connectivity index (χ3v) is 4.01. The Balaban J connectivity index is 2.06. The van der Waals surface area contributed by atoms with Gasteiger partial charge in [-0.1, -0.05) is 24.3 Å². The molecule has 2 aromatic carbocycles. The van der Waals surface area contributed by atoms with Crippen molar-refractivity contribution in [3.8, 4) is 5.75 Å². The molecule has 0 bridgehead atoms. The van der Waals surface area contributed by atoms with Gasteiger partial charge in [0, 0.05) is 25.7 Å². The summed E-state index contributed by atoms with van der Waals surface area (Å²) in [6, 6.07) is 13.0. The molecule has 2 rings (SSSR count). The Hall–Kier alpha value is -2.82. The maximum atomic E-state index is 12.3. The predicted molar refractivity (Wildman–Crippen MR) is 99.3 cm³/mol. The molecule has 0 aliphatic carbocycles. The number of aryl methyl sites for hydroxylation is 2. The van der Waals surface area contributed by atoms with Crippen LogP contribution in [0.4, 0.5) is 5.69 Å². The summed E-state index contributed by atoms with van der Waals surface area (Å²) in [5.74, 6) is 0.250. The highest BCUT2D eigenvalue weighted by atomic mass is 16.5. The molecule has 0 fully saturated rings. The maximum absolute atomic E-state index is 12.3. The average Bonchev–Trinajstić information content (AvgIpc) is 2.60. The van der Waals surface area contributed by atoms with E-state index < -0.39 is 0 Å². The third kappa shape index (κ3) is 4.59. The molecule has 0 atom stereocenters. The second kappa shape index (κ2) is 8.33. The smallest absolute Gasteiger partial charge is 0.255 e. The van der Waals surface area contributed by atoms with Gasteiger partial charge in [-0.05, 0) is 43.2 Å². The highest BCUT2D eigenvalue weighted by Gasteiger charge is 2.15. The number of para-hydroxylation sites is 1. The van der Waals surface area contributed by atoms with Crippen LogP contribution >= 0.6 is 0 Å². The van der Waals surface area contributed by atoms with E-state index in [-0.39, 0.29) is 11.8 Å². The topological polar surface area (TPSA) is 58.6 Å². The molecule has 0 aliphatic rings. The minimum atomic E-state index is -0.220. The van der Waals surface area contributed by atoms with Crippen LogP contribution in [-0.2, 0) is 4.79 Å². The van der Waals surface area contributed by atoms with Crippen LogP contribution in [0.5, 0.6) is 5.75 Å². The van der Waals surface area contributed by atoms with Gasteiger partial charge in [-0.2, -0.15) is 0 Å². The van der Waals surface area contributed by atoms with Gasteiger partial charge in [-0.3, -0.25) is 9.59 Å². The van der Waals surface area contributed by atoms with E-state index >= 15 is 0 Å². The molecule has 0 aliphatic heterocycles. The van der Waals surface area contributed by atoms with Crippen LogP contribution in [0.3, 0.4) is 0 Å². The molecule has 5 heteroatoms. The molecule has 132 valence electrons. The highest BCUT2D eigenvalue weighted by molar-refractivity contribution is 5.97. The molecule has 1 N–H and O–H groups in total. The van der Waals surface area contributed by atoms with Crippen molar-refractivity contribution < 1.29 is 14.3 Å². The number of rotatable bonds is 6. The summed E-state index contributed by atoms with van der Waals surface area (Å²) in [6.45, 7) is 6.25. The Morgan fingerprint density at radius 3 is 2.52 bits per heavy atom. The van der Waals surface area contributed by atoms with E-state index in [2.05, 4.69) is 5.32 Å². The number of carbonyl (C=O) groups is 2. The lowest BCUT2D eigenvalue weighted by Crippen LogP contribution is -2.38. The minimum absolute atomic E-state index is 0.0553. The number of anilines is 1. The molecule has 0 aromatic heterocycles. The summed E-state index contributed by atoms with van der Waals surface area (Å²) in [6.07, 6.45) is 0. The van der Waals surface area contributed by atoms with Gasteiger partial charge in [0.25, 0.3) is 5.91 Å². The zero-order valence-electron chi connectivity index (χ0n) is 15.1. The van der Waals surface area contributed by atoms with Gasteiger partial charge in [0.05, 0.1) is 12.7 Å². The van der Waals surface area contributed by atoms with Crippen molar-refractivity contribution in [3.05, 3.63) is 59.2 Å². The number of hydrogen-bond acceptors (Lipinski definition) is 3. The van der Waals surface area contributed by atoms with Crippen molar-refractivity contribution in [3.63, 3.8) is 0 Å². The third-order valence-electron chi connectivity index (χ3n) is 4.01. The van der Waals surface area contributed by atoms with Crippen molar-refractivity contribution in [2.24, 2.45) is 0 Å². The first kappa shape index (κ1) is 18.5. The molecule has 0 radical (unpaired) electrons. The molecule has 25 heavy (non-hydrogen) atoms. The summed E-state index contributed by atoms with van der Waals surface area (Å²) in [7, 11) is 1.53. The standard InChI is InChI=1S/C20H24N2O3/c1-14-9-10-15(2)18(13-14)22(16(3)23)12-11-21-20(24)17-7-5-6-8-19(17)25-4/h5-10,13H,11-12H2,1-4H3,(H,21,24). The highest BCUT2D eigenvalue weighted by Crippen LogP contribution is 2.21. The van der Waals surface area contributed by atoms with E-state index in [9.17, 15) is 9.59 Å². The SMILES string of the molecule is COc1ccccc1C(=O)NCCN(C(C)=O)c1cc(C)ccc1C. The Kier molecular flexibility index (Phi) is 6.17. The lowest BCUT2D eigenvalue weighted by molar-refractivity contribution is -0.116. The Labute approximate surface area is 148 Å². The summed E-state index contributed by atoms with van der Waals surface area (Å²) in [4.78, 5) is 26.1. The number of nitrogens with zero attached hydrogens (tertiary/aromatic N) is 1. The van der Waals surface area contributed by atoms with Gasteiger partial charge < -0.3 is 15.0 Å². The number of amides is 2. The molecule has 0 saturated heterocycles. The number of ether oxygens (including phenoxy) is 1. The first-order valence-electron chi connectivity index (χ1n) is 8.20. The average molecular weight is 340 g/mol. The fourth-order valence-corrected chi connectivity index (χ4v) is 2.67. The first-order chi connectivity index (χ1) is 11.9. The van der Waals surface area contributed by atoms with Gasteiger partial charge in [0.1, 0.15) is 5.75 Å². The molecule has 2 aromatic rings. The van der Waals surface area contributed by atoms with Crippen molar-refractivity contribution in [1.82, 2.24) is 5.32 Å². The van der Waals surface area contributed by atoms with E-state index in [0.29, 0.717) is 24.4 Å². The summed E-state index contributed by atoms with van der Waals surface area (Å²) in [5, 5.41) is 2.85. The van der Waals surface area contributed by atoms with Crippen molar-refractivity contribution in [1.29, 1.82) is 0 Å². The van der Waals surface area contributed by atoms with E-state index in [1.165, 1.54) is 14.0 Å². The van der Waals surface area contributed by atoms with Crippen LogP contribution in [0.25, 0.3) is 0 Å². The molecular weight excluding hydrogens is 316 g/mol. The quantitative estimate of drug-likeness (QED) is 0.879. The van der Waals surface area contributed by atoms with Crippen molar-refractivity contribution >= 4 is 17.5 Å². The van der Waals surface area contributed by atoms with E-state index in [1.54, 1.807) is 23.1 Å². The molecule has 0 heterocycles. The van der Waals surface area contributed by atoms with Gasteiger partial charge in [-0.25, -0.2) is 0 Å². The zero-order chi connectivity index (χ0) is 18.4. The Bertz CT molecular complexity index is 771. The summed E-state index contributed by atoms with van der Waals surface area (Å²) < 4.78 is 5.20. The Morgan fingerprint density at radius 2 is 1.84 bits per heavy atom. The molecular formula is C20H24N2O3. The number of hydrogen-bond donors (Lipinski definition) is 1. The van der Waals surface area contributed by atoms with E-state index in [4.69, 9.17) is 4.74 Å². The number of nitrogens with one attached hydrogen (secondary N) is 1. The molecule has 0 unspecified atom stereocenters. The monoisotopic (exact) mass is 340 g/mol. The van der Waals surface area contributed by atoms with E-state index in [1.807, 2.05) is 38.1 Å². The van der Waals surface area contributed by atoms with Crippen LogP contribution in [0.15, 0.2) is 42.5 Å².